The molecule has 166 valence electrons. The average molecular weight is 468 g/mol. The fraction of sp³-hybridized carbons (Fsp3) is 0.292. The van der Waals surface area contributed by atoms with Crippen molar-refractivity contribution in [1.82, 2.24) is 15.2 Å². The first kappa shape index (κ1) is 22.4. The van der Waals surface area contributed by atoms with Crippen LogP contribution in [-0.2, 0) is 16.0 Å². The molecule has 3 heterocycles. The fourth-order valence-electron chi connectivity index (χ4n) is 3.69. The molecule has 1 saturated heterocycles. The number of benzene rings is 1. The molecule has 6 nitrogen and oxygen atoms in total. The second kappa shape index (κ2) is 10.7. The molecule has 2 amide bonds. The number of nitrogens with one attached hydrogen (secondary N) is 2. The van der Waals surface area contributed by atoms with E-state index in [0.29, 0.717) is 34.5 Å². The van der Waals surface area contributed by atoms with E-state index in [2.05, 4.69) is 22.4 Å². The normalized spacial score (nSPS) is 15.2. The average Bonchev–Trinajstić information content (AvgIpc) is 3.50. The zero-order chi connectivity index (χ0) is 22.3. The van der Waals surface area contributed by atoms with Crippen molar-refractivity contribution in [1.29, 1.82) is 0 Å². The third kappa shape index (κ3) is 5.49. The first-order valence-corrected chi connectivity index (χ1v) is 11.9. The number of aromatic amines is 1. The third-order valence-corrected chi connectivity index (χ3v) is 6.74. The van der Waals surface area contributed by atoms with Crippen LogP contribution >= 0.6 is 24.0 Å². The molecule has 0 bridgehead atoms. The molecule has 0 saturated carbocycles. The molecule has 1 aromatic carbocycles. The second-order valence-electron chi connectivity index (χ2n) is 7.62. The minimum absolute atomic E-state index is 0.0665. The van der Waals surface area contributed by atoms with Gasteiger partial charge in [0.2, 0.25) is 5.91 Å². The summed E-state index contributed by atoms with van der Waals surface area (Å²) in [5.74, 6) is 0.629. The van der Waals surface area contributed by atoms with Gasteiger partial charge in [-0.25, -0.2) is 0 Å². The maximum absolute atomic E-state index is 12.6. The maximum Gasteiger partial charge on any atom is 0.266 e. The van der Waals surface area contributed by atoms with E-state index in [1.165, 1.54) is 22.7 Å². The Kier molecular flexibility index (Phi) is 7.44. The fourth-order valence-corrected chi connectivity index (χ4v) is 4.98. The molecule has 2 aromatic heterocycles. The molecule has 0 spiro atoms. The second-order valence-corrected chi connectivity index (χ2v) is 9.29. The van der Waals surface area contributed by atoms with Crippen LogP contribution < -0.4 is 5.32 Å². The van der Waals surface area contributed by atoms with Crippen LogP contribution in [0.4, 0.5) is 0 Å². The van der Waals surface area contributed by atoms with Crippen molar-refractivity contribution in [2.75, 3.05) is 13.1 Å². The van der Waals surface area contributed by atoms with E-state index < -0.39 is 0 Å². The van der Waals surface area contributed by atoms with E-state index in [-0.39, 0.29) is 11.8 Å². The standard InChI is InChI=1S/C24H25N3O3S2/c28-22(25-12-11-17-16-26-20-9-4-3-8-19(17)20)10-2-1-5-13-27-23(29)21(32-24(27)31)15-18-7-6-14-30-18/h3-4,6-9,14-16,26H,1-2,5,10-13H2,(H,25,28). The van der Waals surface area contributed by atoms with Gasteiger partial charge < -0.3 is 14.7 Å². The number of furan rings is 1. The highest BCUT2D eigenvalue weighted by molar-refractivity contribution is 8.26. The van der Waals surface area contributed by atoms with Crippen LogP contribution in [0, 0.1) is 0 Å². The number of fused-ring (bicyclic) bond motifs is 1. The van der Waals surface area contributed by atoms with E-state index in [1.807, 2.05) is 18.3 Å². The number of carbonyl (C=O) groups is 2. The van der Waals surface area contributed by atoms with Crippen LogP contribution in [0.3, 0.4) is 0 Å². The highest BCUT2D eigenvalue weighted by atomic mass is 32.2. The Hall–Kier alpha value is -2.84. The van der Waals surface area contributed by atoms with Crippen LogP contribution in [0.25, 0.3) is 17.0 Å². The van der Waals surface area contributed by atoms with Gasteiger partial charge in [-0.3, -0.25) is 14.5 Å². The van der Waals surface area contributed by atoms with Crippen molar-refractivity contribution in [2.24, 2.45) is 0 Å². The number of hydrogen-bond acceptors (Lipinski definition) is 5. The summed E-state index contributed by atoms with van der Waals surface area (Å²) >= 11 is 6.65. The first-order valence-electron chi connectivity index (χ1n) is 10.7. The van der Waals surface area contributed by atoms with Crippen molar-refractivity contribution in [3.05, 3.63) is 65.1 Å². The SMILES string of the molecule is O=C(CCCCCN1C(=O)C(=Cc2ccco2)SC1=S)NCCc1c[nH]c2ccccc12. The summed E-state index contributed by atoms with van der Waals surface area (Å²) in [4.78, 5) is 30.2. The molecule has 0 radical (unpaired) electrons. The van der Waals surface area contributed by atoms with Crippen molar-refractivity contribution >= 4 is 57.1 Å². The van der Waals surface area contributed by atoms with E-state index in [0.717, 1.165) is 31.2 Å². The molecule has 8 heteroatoms. The molecule has 1 fully saturated rings. The Bertz CT molecular complexity index is 1130. The van der Waals surface area contributed by atoms with Crippen molar-refractivity contribution in [3.63, 3.8) is 0 Å². The largest absolute Gasteiger partial charge is 0.465 e. The Morgan fingerprint density at radius 3 is 2.91 bits per heavy atom. The van der Waals surface area contributed by atoms with Gasteiger partial charge in [0.25, 0.3) is 5.91 Å². The van der Waals surface area contributed by atoms with Crippen LogP contribution in [-0.4, -0.2) is 39.1 Å². The Balaban J connectivity index is 1.12. The molecule has 0 unspecified atom stereocenters. The number of unbranched alkanes of at least 4 members (excludes halogenated alkanes) is 2. The van der Waals surface area contributed by atoms with Crippen LogP contribution in [0.15, 0.2) is 58.2 Å². The van der Waals surface area contributed by atoms with Gasteiger partial charge >= 0.3 is 0 Å². The van der Waals surface area contributed by atoms with Crippen molar-refractivity contribution < 1.29 is 14.0 Å². The van der Waals surface area contributed by atoms with E-state index in [4.69, 9.17) is 16.6 Å². The number of H-pyrrole nitrogens is 1. The lowest BCUT2D eigenvalue weighted by molar-refractivity contribution is -0.122. The molecule has 0 aliphatic carbocycles. The summed E-state index contributed by atoms with van der Waals surface area (Å²) in [6, 6.07) is 11.8. The predicted molar refractivity (Wildman–Crippen MR) is 132 cm³/mol. The number of amides is 2. The number of nitrogens with zero attached hydrogens (tertiary/aromatic N) is 1. The molecule has 32 heavy (non-hydrogen) atoms. The van der Waals surface area contributed by atoms with Gasteiger partial charge in [-0.2, -0.15) is 0 Å². The van der Waals surface area contributed by atoms with Crippen molar-refractivity contribution in [2.45, 2.75) is 32.1 Å². The minimum Gasteiger partial charge on any atom is -0.465 e. The summed E-state index contributed by atoms with van der Waals surface area (Å²) in [5.41, 5.74) is 2.33. The van der Waals surface area contributed by atoms with Gasteiger partial charge in [-0.05, 0) is 43.0 Å². The monoisotopic (exact) mass is 467 g/mol. The van der Waals surface area contributed by atoms with Crippen LogP contribution in [0.5, 0.6) is 0 Å². The topological polar surface area (TPSA) is 78.3 Å². The number of thioether (sulfide) groups is 1. The van der Waals surface area contributed by atoms with Gasteiger partial charge in [0.05, 0.1) is 11.2 Å². The Morgan fingerprint density at radius 1 is 1.19 bits per heavy atom. The lowest BCUT2D eigenvalue weighted by Crippen LogP contribution is -2.29. The molecule has 1 aliphatic heterocycles. The van der Waals surface area contributed by atoms with Gasteiger partial charge in [-0.1, -0.05) is 48.6 Å². The lowest BCUT2D eigenvalue weighted by atomic mass is 10.1. The molecule has 0 atom stereocenters. The number of hydrogen-bond donors (Lipinski definition) is 2. The Labute approximate surface area is 196 Å². The highest BCUT2D eigenvalue weighted by Crippen LogP contribution is 2.32. The minimum atomic E-state index is -0.0774. The number of thiocarbonyl (C=S) groups is 1. The zero-order valence-corrected chi connectivity index (χ0v) is 19.3. The lowest BCUT2D eigenvalue weighted by Gasteiger charge is -2.14. The highest BCUT2D eigenvalue weighted by Gasteiger charge is 2.31. The maximum atomic E-state index is 12.6. The van der Waals surface area contributed by atoms with E-state index >= 15 is 0 Å². The third-order valence-electron chi connectivity index (χ3n) is 5.37. The smallest absolute Gasteiger partial charge is 0.266 e. The number of rotatable bonds is 10. The number of para-hydroxylation sites is 1. The van der Waals surface area contributed by atoms with Crippen LogP contribution in [0.1, 0.15) is 37.0 Å². The molecular formula is C24H25N3O3S2. The number of aromatic nitrogens is 1. The Morgan fingerprint density at radius 2 is 2.06 bits per heavy atom. The van der Waals surface area contributed by atoms with Gasteiger partial charge in [0, 0.05) is 42.7 Å². The van der Waals surface area contributed by atoms with Crippen molar-refractivity contribution in [3.8, 4) is 0 Å². The van der Waals surface area contributed by atoms with Gasteiger partial charge in [0.15, 0.2) is 0 Å². The first-order chi connectivity index (χ1) is 15.6. The summed E-state index contributed by atoms with van der Waals surface area (Å²) < 4.78 is 5.85. The quantitative estimate of drug-likeness (QED) is 0.252. The summed E-state index contributed by atoms with van der Waals surface area (Å²) in [6.45, 7) is 1.20. The molecule has 2 N–H and O–H groups in total. The summed E-state index contributed by atoms with van der Waals surface area (Å²) in [7, 11) is 0. The molecular weight excluding hydrogens is 442 g/mol. The number of carbonyl (C=O) groups excluding carboxylic acids is 2. The zero-order valence-electron chi connectivity index (χ0n) is 17.6. The summed E-state index contributed by atoms with van der Waals surface area (Å²) in [5, 5.41) is 4.21. The van der Waals surface area contributed by atoms with Gasteiger partial charge in [0.1, 0.15) is 10.1 Å². The van der Waals surface area contributed by atoms with E-state index in [9.17, 15) is 9.59 Å². The molecule has 4 rings (SSSR count). The molecule has 1 aliphatic rings. The molecule has 3 aromatic rings. The summed E-state index contributed by atoms with van der Waals surface area (Å²) in [6.07, 6.45) is 9.06. The predicted octanol–water partition coefficient (Wildman–Crippen LogP) is 4.88. The van der Waals surface area contributed by atoms with E-state index in [1.54, 1.807) is 29.4 Å². The van der Waals surface area contributed by atoms with Gasteiger partial charge in [-0.15, -0.1) is 0 Å². The van der Waals surface area contributed by atoms with Crippen LogP contribution in [0.2, 0.25) is 0 Å².